The fraction of sp³-hybridized carbons (Fsp3) is 0.235. The van der Waals surface area contributed by atoms with Crippen molar-refractivity contribution in [3.63, 3.8) is 0 Å². The summed E-state index contributed by atoms with van der Waals surface area (Å²) in [7, 11) is -1.65. The zero-order valence-electron chi connectivity index (χ0n) is 34.5. The Labute approximate surface area is 358 Å². The van der Waals surface area contributed by atoms with Crippen molar-refractivity contribution >= 4 is 26.0 Å². The average molecular weight is 835 g/mol. The van der Waals surface area contributed by atoms with Crippen molar-refractivity contribution in [2.75, 3.05) is 13.2 Å². The first-order valence-corrected chi connectivity index (χ1v) is 24.2. The van der Waals surface area contributed by atoms with Crippen LogP contribution in [0.4, 0.5) is 0 Å². The zero-order chi connectivity index (χ0) is 42.7. The van der Waals surface area contributed by atoms with Gasteiger partial charge in [-0.05, 0) is 59.1 Å². The molecule has 6 aromatic carbocycles. The molecule has 1 aliphatic rings. The molecular weight excluding hydrogens is 785 g/mol. The van der Waals surface area contributed by atoms with Crippen LogP contribution in [0.15, 0.2) is 182 Å². The number of hydrogen-bond donors (Lipinski definition) is 0. The van der Waals surface area contributed by atoms with Crippen LogP contribution in [-0.4, -0.2) is 69.9 Å². The van der Waals surface area contributed by atoms with E-state index < -0.39 is 62.3 Å². The van der Waals surface area contributed by atoms with Crippen molar-refractivity contribution in [1.82, 2.24) is 0 Å². The lowest BCUT2D eigenvalue weighted by molar-refractivity contribution is -0.302. The molecule has 0 N–H and O–H groups in total. The highest BCUT2D eigenvalue weighted by molar-refractivity contribution is 6.76. The van der Waals surface area contributed by atoms with Gasteiger partial charge in [0.2, 0.25) is 0 Å². The van der Waals surface area contributed by atoms with Gasteiger partial charge in [0.15, 0.2) is 24.6 Å². The Hall–Kier alpha value is -6.17. The molecule has 312 valence electrons. The predicted octanol–water partition coefficient (Wildman–Crippen LogP) is 9.75. The molecule has 0 unspecified atom stereocenters. The van der Waals surface area contributed by atoms with Gasteiger partial charge < -0.3 is 28.4 Å². The summed E-state index contributed by atoms with van der Waals surface area (Å²) in [5.74, 6) is -2.12. The third kappa shape index (κ3) is 10.6. The molecule has 6 aromatic rings. The van der Waals surface area contributed by atoms with Gasteiger partial charge in [-0.25, -0.2) is 14.4 Å². The standard InChI is InChI=1S/C51H50O9Si/c1-61(2,3)35-34-55-50-46(60-49(54)39-26-14-6-15-27-39)45(59-48(53)38-24-12-5-13-25-38)44(58-47(52)37-22-10-4-11-23-37)43(57-50)36-56-51(40-28-16-7-17-29-40,41-30-18-8-19-31-41)42-32-20-9-21-33-42/h4-33,43-46,50H,34-36H2,1-3H3/t43-,44+,45+,46-,50-/m0/s1. The summed E-state index contributed by atoms with van der Waals surface area (Å²) in [5, 5.41) is 0. The van der Waals surface area contributed by atoms with Gasteiger partial charge in [-0.3, -0.25) is 0 Å². The summed E-state index contributed by atoms with van der Waals surface area (Å²) in [4.78, 5) is 42.2. The van der Waals surface area contributed by atoms with Crippen molar-refractivity contribution in [1.29, 1.82) is 0 Å². The summed E-state index contributed by atoms with van der Waals surface area (Å²) in [5.41, 5.74) is 2.09. The number of carbonyl (C=O) groups excluding carboxylic acids is 3. The highest BCUT2D eigenvalue weighted by Crippen LogP contribution is 2.42. The van der Waals surface area contributed by atoms with Gasteiger partial charge in [-0.1, -0.05) is 165 Å². The first-order chi connectivity index (χ1) is 29.6. The fourth-order valence-electron chi connectivity index (χ4n) is 7.30. The minimum absolute atomic E-state index is 0.196. The summed E-state index contributed by atoms with van der Waals surface area (Å²) < 4.78 is 39.6. The van der Waals surface area contributed by atoms with Crippen molar-refractivity contribution in [3.05, 3.63) is 215 Å². The van der Waals surface area contributed by atoms with Crippen molar-refractivity contribution in [2.45, 2.75) is 62.0 Å². The second-order valence-electron chi connectivity index (χ2n) is 16.0. The molecule has 1 fully saturated rings. The maximum atomic E-state index is 14.1. The summed E-state index contributed by atoms with van der Waals surface area (Å²) in [6.07, 6.45) is -6.57. The van der Waals surface area contributed by atoms with Crippen LogP contribution in [0.25, 0.3) is 0 Å². The van der Waals surface area contributed by atoms with Gasteiger partial charge in [-0.2, -0.15) is 0 Å². The van der Waals surface area contributed by atoms with Crippen LogP contribution >= 0.6 is 0 Å². The first kappa shape index (κ1) is 42.9. The number of esters is 3. The van der Waals surface area contributed by atoms with Crippen molar-refractivity contribution < 1.29 is 42.8 Å². The van der Waals surface area contributed by atoms with E-state index >= 15 is 0 Å². The van der Waals surface area contributed by atoms with E-state index in [1.165, 1.54) is 0 Å². The molecule has 0 radical (unpaired) electrons. The summed E-state index contributed by atoms with van der Waals surface area (Å²) in [6, 6.07) is 55.7. The maximum Gasteiger partial charge on any atom is 0.338 e. The number of ether oxygens (including phenoxy) is 6. The van der Waals surface area contributed by atoms with E-state index in [9.17, 15) is 14.4 Å². The number of rotatable bonds is 16. The van der Waals surface area contributed by atoms with Crippen molar-refractivity contribution in [2.24, 2.45) is 0 Å². The van der Waals surface area contributed by atoms with Crippen LogP contribution in [0, 0.1) is 0 Å². The van der Waals surface area contributed by atoms with Gasteiger partial charge in [-0.15, -0.1) is 0 Å². The van der Waals surface area contributed by atoms with Crippen LogP contribution in [0.1, 0.15) is 47.8 Å². The van der Waals surface area contributed by atoms with Crippen LogP contribution in [0.3, 0.4) is 0 Å². The molecule has 1 aliphatic heterocycles. The quantitative estimate of drug-likeness (QED) is 0.0408. The van der Waals surface area contributed by atoms with E-state index in [4.69, 9.17) is 28.4 Å². The number of carbonyl (C=O) groups is 3. The largest absolute Gasteiger partial charge is 0.452 e. The maximum absolute atomic E-state index is 14.1. The highest BCUT2D eigenvalue weighted by atomic mass is 28.3. The van der Waals surface area contributed by atoms with E-state index in [0.717, 1.165) is 22.7 Å². The lowest BCUT2D eigenvalue weighted by Gasteiger charge is -2.45. The molecule has 10 heteroatoms. The van der Waals surface area contributed by atoms with Crippen molar-refractivity contribution in [3.8, 4) is 0 Å². The molecule has 0 saturated carbocycles. The van der Waals surface area contributed by atoms with Gasteiger partial charge in [0.1, 0.15) is 11.7 Å². The average Bonchev–Trinajstić information content (AvgIpc) is 3.30. The normalized spacial score (nSPS) is 19.0. The Morgan fingerprint density at radius 1 is 0.492 bits per heavy atom. The number of benzene rings is 6. The molecule has 0 spiro atoms. The topological polar surface area (TPSA) is 107 Å². The smallest absolute Gasteiger partial charge is 0.338 e. The van der Waals surface area contributed by atoms with Gasteiger partial charge in [0, 0.05) is 14.7 Å². The third-order valence-corrected chi connectivity index (χ3v) is 12.2. The van der Waals surface area contributed by atoms with Gasteiger partial charge in [0.25, 0.3) is 0 Å². The molecule has 1 saturated heterocycles. The Balaban J connectivity index is 1.36. The van der Waals surface area contributed by atoms with Crippen LogP contribution in [0.5, 0.6) is 0 Å². The molecule has 1 heterocycles. The van der Waals surface area contributed by atoms with Gasteiger partial charge >= 0.3 is 17.9 Å². The lowest BCUT2D eigenvalue weighted by Crippen LogP contribution is -2.63. The second kappa shape index (κ2) is 19.9. The van der Waals surface area contributed by atoms with Gasteiger partial charge in [0.05, 0.1) is 23.3 Å². The van der Waals surface area contributed by atoms with Crippen LogP contribution in [-0.2, 0) is 34.0 Å². The molecule has 7 rings (SSSR count). The Bertz CT molecular complexity index is 2210. The predicted molar refractivity (Wildman–Crippen MR) is 235 cm³/mol. The molecule has 0 aliphatic carbocycles. The van der Waals surface area contributed by atoms with Crippen LogP contribution < -0.4 is 0 Å². The lowest BCUT2D eigenvalue weighted by atomic mass is 9.80. The summed E-state index contributed by atoms with van der Waals surface area (Å²) in [6.45, 7) is 6.74. The molecule has 5 atom stereocenters. The van der Waals surface area contributed by atoms with E-state index in [-0.39, 0.29) is 29.9 Å². The molecule has 0 aromatic heterocycles. The summed E-state index contributed by atoms with van der Waals surface area (Å²) >= 11 is 0. The van der Waals surface area contributed by atoms with E-state index in [1.54, 1.807) is 91.0 Å². The minimum Gasteiger partial charge on any atom is -0.452 e. The monoisotopic (exact) mass is 834 g/mol. The Morgan fingerprint density at radius 2 is 0.836 bits per heavy atom. The first-order valence-electron chi connectivity index (χ1n) is 20.5. The third-order valence-electron chi connectivity index (χ3n) is 10.5. The molecular formula is C51H50O9Si. The SMILES string of the molecule is C[Si](C)(C)CCO[C@H]1O[C@@H](COC(c2ccccc2)(c2ccccc2)c2ccccc2)[C@@H](OC(=O)c2ccccc2)[C@@H](OC(=O)c2ccccc2)[C@@H]1OC(=O)c1ccccc1. The Kier molecular flexibility index (Phi) is 14.0. The molecule has 0 amide bonds. The highest BCUT2D eigenvalue weighted by Gasteiger charge is 2.54. The fourth-order valence-corrected chi connectivity index (χ4v) is 8.03. The van der Waals surface area contributed by atoms with E-state index in [2.05, 4.69) is 19.6 Å². The second-order valence-corrected chi connectivity index (χ2v) is 21.6. The molecule has 9 nitrogen and oxygen atoms in total. The van der Waals surface area contributed by atoms with Crippen LogP contribution in [0.2, 0.25) is 25.7 Å². The molecule has 61 heavy (non-hydrogen) atoms. The molecule has 0 bridgehead atoms. The minimum atomic E-state index is -1.65. The van der Waals surface area contributed by atoms with E-state index in [1.807, 2.05) is 91.0 Å². The number of hydrogen-bond acceptors (Lipinski definition) is 9. The Morgan fingerprint density at radius 3 is 1.21 bits per heavy atom. The van der Waals surface area contributed by atoms with E-state index in [0.29, 0.717) is 0 Å². The zero-order valence-corrected chi connectivity index (χ0v) is 35.5.